The highest BCUT2D eigenvalue weighted by atomic mass is 35.5. The summed E-state index contributed by atoms with van der Waals surface area (Å²) < 4.78 is 20.4. The Kier molecular flexibility index (Phi) is 5.57. The molecule has 1 aromatic carbocycles. The Balaban J connectivity index is 1.38. The van der Waals surface area contributed by atoms with Gasteiger partial charge in [-0.3, -0.25) is 4.79 Å². The van der Waals surface area contributed by atoms with E-state index in [0.29, 0.717) is 36.1 Å². The molecule has 29 heavy (non-hydrogen) atoms. The summed E-state index contributed by atoms with van der Waals surface area (Å²) in [4.78, 5) is 18.7. The number of hydrogen-bond acceptors (Lipinski definition) is 6. The first-order valence-electron chi connectivity index (χ1n) is 9.54. The van der Waals surface area contributed by atoms with Crippen molar-refractivity contribution >= 4 is 17.5 Å². The molecule has 10 heteroatoms. The third kappa shape index (κ3) is 4.14. The summed E-state index contributed by atoms with van der Waals surface area (Å²) in [6, 6.07) is 4.15. The van der Waals surface area contributed by atoms with E-state index in [1.54, 1.807) is 15.8 Å². The summed E-state index contributed by atoms with van der Waals surface area (Å²) >= 11 is 5.79. The van der Waals surface area contributed by atoms with Crippen LogP contribution in [-0.4, -0.2) is 49.0 Å². The fourth-order valence-corrected chi connectivity index (χ4v) is 3.56. The number of nitrogens with zero attached hydrogens (tertiary/aromatic N) is 6. The van der Waals surface area contributed by atoms with Crippen LogP contribution in [0.15, 0.2) is 28.9 Å². The third-order valence-electron chi connectivity index (χ3n) is 4.96. The molecule has 0 radical (unpaired) electrons. The van der Waals surface area contributed by atoms with Gasteiger partial charge in [0.2, 0.25) is 0 Å². The number of aryl methyl sites for hydroxylation is 1. The lowest BCUT2D eigenvalue weighted by atomic mass is 10.0. The number of likely N-dealkylation sites (tertiary alicyclic amines) is 1. The predicted molar refractivity (Wildman–Crippen MR) is 103 cm³/mol. The third-order valence-corrected chi connectivity index (χ3v) is 5.25. The predicted octanol–water partition coefficient (Wildman–Crippen LogP) is 3.55. The monoisotopic (exact) mass is 418 g/mol. The van der Waals surface area contributed by atoms with Gasteiger partial charge in [-0.05, 0) is 37.5 Å². The van der Waals surface area contributed by atoms with Crippen molar-refractivity contribution in [1.29, 1.82) is 0 Å². The first-order chi connectivity index (χ1) is 14.0. The Labute approximate surface area is 171 Å². The van der Waals surface area contributed by atoms with Gasteiger partial charge in [-0.15, -0.1) is 5.10 Å². The van der Waals surface area contributed by atoms with E-state index in [1.165, 1.54) is 18.2 Å². The van der Waals surface area contributed by atoms with Gasteiger partial charge in [0.1, 0.15) is 5.82 Å². The van der Waals surface area contributed by atoms with Crippen LogP contribution in [0.5, 0.6) is 0 Å². The van der Waals surface area contributed by atoms with Crippen molar-refractivity contribution in [3.05, 3.63) is 46.6 Å². The molecule has 0 saturated carbocycles. The van der Waals surface area contributed by atoms with Crippen LogP contribution in [0, 0.1) is 5.82 Å². The van der Waals surface area contributed by atoms with Crippen molar-refractivity contribution in [3.8, 4) is 11.6 Å². The van der Waals surface area contributed by atoms with Crippen molar-refractivity contribution in [2.24, 2.45) is 0 Å². The second-order valence-electron chi connectivity index (χ2n) is 7.00. The number of rotatable bonds is 5. The first kappa shape index (κ1) is 19.5. The molecular formula is C19H20ClFN6O2. The number of halogens is 2. The molecule has 1 saturated heterocycles. The summed E-state index contributed by atoms with van der Waals surface area (Å²) in [5.74, 6) is 0.330. The molecule has 152 valence electrons. The lowest BCUT2D eigenvalue weighted by Gasteiger charge is -2.31. The van der Waals surface area contributed by atoms with E-state index in [9.17, 15) is 9.18 Å². The number of amides is 1. The van der Waals surface area contributed by atoms with Crippen molar-refractivity contribution in [2.75, 3.05) is 13.1 Å². The van der Waals surface area contributed by atoms with E-state index >= 15 is 0 Å². The van der Waals surface area contributed by atoms with Gasteiger partial charge in [0.05, 0.1) is 17.3 Å². The molecule has 0 N–H and O–H groups in total. The fourth-order valence-electron chi connectivity index (χ4n) is 3.38. The summed E-state index contributed by atoms with van der Waals surface area (Å²) in [6.07, 6.45) is 4.95. The maximum atomic E-state index is 13.3. The Hall–Kier alpha value is -2.81. The van der Waals surface area contributed by atoms with E-state index in [0.717, 1.165) is 25.7 Å². The Morgan fingerprint density at radius 1 is 1.34 bits per heavy atom. The van der Waals surface area contributed by atoms with Crippen LogP contribution in [0.2, 0.25) is 5.02 Å². The van der Waals surface area contributed by atoms with Gasteiger partial charge in [0.15, 0.2) is 11.5 Å². The van der Waals surface area contributed by atoms with E-state index in [4.69, 9.17) is 16.1 Å². The van der Waals surface area contributed by atoms with Crippen molar-refractivity contribution < 1.29 is 13.7 Å². The SMILES string of the molecule is CCCc1noc(-c2cn(C3CCN(C(=O)c4ccc(F)c(Cl)c4)CC3)nn2)n1. The Morgan fingerprint density at radius 3 is 2.86 bits per heavy atom. The lowest BCUT2D eigenvalue weighted by Crippen LogP contribution is -2.39. The van der Waals surface area contributed by atoms with Gasteiger partial charge < -0.3 is 9.42 Å². The number of piperidine rings is 1. The quantitative estimate of drug-likeness (QED) is 0.629. The smallest absolute Gasteiger partial charge is 0.280 e. The van der Waals surface area contributed by atoms with Crippen LogP contribution in [0.3, 0.4) is 0 Å². The number of aromatic nitrogens is 5. The molecular weight excluding hydrogens is 399 g/mol. The number of benzene rings is 1. The molecule has 2 aromatic heterocycles. The van der Waals surface area contributed by atoms with Crippen LogP contribution in [0.25, 0.3) is 11.6 Å². The zero-order chi connectivity index (χ0) is 20.4. The Morgan fingerprint density at radius 2 is 2.14 bits per heavy atom. The largest absolute Gasteiger partial charge is 0.338 e. The van der Waals surface area contributed by atoms with Gasteiger partial charge >= 0.3 is 0 Å². The van der Waals surface area contributed by atoms with Crippen LogP contribution in [0.1, 0.15) is 48.4 Å². The minimum Gasteiger partial charge on any atom is -0.338 e. The molecule has 0 atom stereocenters. The summed E-state index contributed by atoms with van der Waals surface area (Å²) in [7, 11) is 0. The van der Waals surface area contributed by atoms with E-state index < -0.39 is 5.82 Å². The Bertz CT molecular complexity index is 1010. The molecule has 3 aromatic rings. The van der Waals surface area contributed by atoms with E-state index in [-0.39, 0.29) is 17.0 Å². The zero-order valence-corrected chi connectivity index (χ0v) is 16.6. The van der Waals surface area contributed by atoms with Crippen molar-refractivity contribution in [1.82, 2.24) is 30.0 Å². The van der Waals surface area contributed by atoms with E-state index in [2.05, 4.69) is 20.5 Å². The highest BCUT2D eigenvalue weighted by Gasteiger charge is 2.26. The molecule has 0 spiro atoms. The van der Waals surface area contributed by atoms with Crippen LogP contribution in [0.4, 0.5) is 4.39 Å². The van der Waals surface area contributed by atoms with Gasteiger partial charge in [0, 0.05) is 25.1 Å². The van der Waals surface area contributed by atoms with Gasteiger partial charge in [0.25, 0.3) is 11.8 Å². The normalized spacial score (nSPS) is 15.1. The minimum absolute atomic E-state index is 0.0519. The van der Waals surface area contributed by atoms with Gasteiger partial charge in [-0.2, -0.15) is 4.98 Å². The molecule has 0 bridgehead atoms. The zero-order valence-electron chi connectivity index (χ0n) is 15.9. The fraction of sp³-hybridized carbons (Fsp3) is 0.421. The molecule has 4 rings (SSSR count). The average molecular weight is 419 g/mol. The molecule has 1 aliphatic rings. The molecule has 0 unspecified atom stereocenters. The average Bonchev–Trinajstić information content (AvgIpc) is 3.40. The number of carbonyl (C=O) groups is 1. The second-order valence-corrected chi connectivity index (χ2v) is 7.41. The van der Waals surface area contributed by atoms with Crippen LogP contribution >= 0.6 is 11.6 Å². The number of hydrogen-bond donors (Lipinski definition) is 0. The van der Waals surface area contributed by atoms with Gasteiger partial charge in [-0.1, -0.05) is 28.9 Å². The molecule has 1 fully saturated rings. The van der Waals surface area contributed by atoms with Crippen molar-refractivity contribution in [3.63, 3.8) is 0 Å². The minimum atomic E-state index is -0.535. The standard InChI is InChI=1S/C19H20ClFN6O2/c1-2-3-17-22-18(29-24-17)16-11-27(25-23-16)13-6-8-26(9-7-13)19(28)12-4-5-15(21)14(20)10-12/h4-5,10-11,13H,2-3,6-9H2,1H3. The maximum absolute atomic E-state index is 13.3. The summed E-state index contributed by atoms with van der Waals surface area (Å²) in [5.41, 5.74) is 0.927. The maximum Gasteiger partial charge on any atom is 0.280 e. The second kappa shape index (κ2) is 8.28. The van der Waals surface area contributed by atoms with E-state index in [1.807, 2.05) is 6.92 Å². The summed E-state index contributed by atoms with van der Waals surface area (Å²) in [5, 5.41) is 12.2. The first-order valence-corrected chi connectivity index (χ1v) is 9.92. The van der Waals surface area contributed by atoms with Crippen LogP contribution in [-0.2, 0) is 6.42 Å². The summed E-state index contributed by atoms with van der Waals surface area (Å²) in [6.45, 7) is 3.18. The van der Waals surface area contributed by atoms with Crippen molar-refractivity contribution in [2.45, 2.75) is 38.6 Å². The highest BCUT2D eigenvalue weighted by Crippen LogP contribution is 2.25. The van der Waals surface area contributed by atoms with Crippen LogP contribution < -0.4 is 0 Å². The topological polar surface area (TPSA) is 89.9 Å². The number of carbonyl (C=O) groups excluding carboxylic acids is 1. The molecule has 3 heterocycles. The molecule has 8 nitrogen and oxygen atoms in total. The lowest BCUT2D eigenvalue weighted by molar-refractivity contribution is 0.0689. The highest BCUT2D eigenvalue weighted by molar-refractivity contribution is 6.31. The van der Waals surface area contributed by atoms with Gasteiger partial charge in [-0.25, -0.2) is 9.07 Å². The molecule has 1 aliphatic heterocycles. The molecule has 0 aliphatic carbocycles. The molecule has 1 amide bonds.